The van der Waals surface area contributed by atoms with Gasteiger partial charge in [-0.2, -0.15) is 22.0 Å². The van der Waals surface area contributed by atoms with Crippen LogP contribution in [0.15, 0.2) is 18.2 Å². The molecule has 0 bridgehead atoms. The first-order valence-corrected chi connectivity index (χ1v) is 17.7. The van der Waals surface area contributed by atoms with Crippen LogP contribution in [0.4, 0.5) is 22.0 Å². The largest absolute Gasteiger partial charge is 0.508 e. The fourth-order valence-electron chi connectivity index (χ4n) is 8.37. The van der Waals surface area contributed by atoms with Crippen molar-refractivity contribution in [1.29, 1.82) is 0 Å². The minimum Gasteiger partial charge on any atom is -0.508 e. The van der Waals surface area contributed by atoms with Gasteiger partial charge in [0.05, 0.1) is 11.9 Å². The summed E-state index contributed by atoms with van der Waals surface area (Å²) in [6.45, 7) is 1.85. The van der Waals surface area contributed by atoms with Gasteiger partial charge in [0, 0.05) is 13.0 Å². The molecule has 0 spiro atoms. The van der Waals surface area contributed by atoms with Gasteiger partial charge in [-0.15, -0.1) is 0 Å². The van der Waals surface area contributed by atoms with E-state index < -0.39 is 41.5 Å². The van der Waals surface area contributed by atoms with Crippen molar-refractivity contribution in [2.45, 2.75) is 127 Å². The number of nitrogens with one attached hydrogen (secondary N) is 1. The van der Waals surface area contributed by atoms with Gasteiger partial charge in [0.25, 0.3) is 0 Å². The molecule has 11 heteroatoms. The first-order valence-electron chi connectivity index (χ1n) is 16.1. The number of unbranched alkanes of at least 4 members (excludes halogenated alkanes) is 6. The van der Waals surface area contributed by atoms with E-state index in [0.29, 0.717) is 42.3 Å². The molecule has 1 aromatic carbocycles. The van der Waals surface area contributed by atoms with E-state index in [1.165, 1.54) is 11.1 Å². The van der Waals surface area contributed by atoms with E-state index in [1.807, 2.05) is 12.1 Å². The van der Waals surface area contributed by atoms with Gasteiger partial charge in [-0.1, -0.05) is 51.5 Å². The smallest absolute Gasteiger partial charge is 0.453 e. The summed E-state index contributed by atoms with van der Waals surface area (Å²) in [5, 5.41) is 21.0. The molecule has 0 aliphatic heterocycles. The fraction of sp³-hybridized carbons (Fsp3) is 0.812. The number of fused-ring (bicyclic) bond motifs is 5. The summed E-state index contributed by atoms with van der Waals surface area (Å²) < 4.78 is 88.7. The van der Waals surface area contributed by atoms with Crippen LogP contribution < -0.4 is 4.72 Å². The lowest BCUT2D eigenvalue weighted by molar-refractivity contribution is -0.284. The molecule has 0 radical (unpaired) electrons. The van der Waals surface area contributed by atoms with Crippen LogP contribution >= 0.6 is 0 Å². The Labute approximate surface area is 253 Å². The van der Waals surface area contributed by atoms with E-state index in [4.69, 9.17) is 0 Å². The predicted molar refractivity (Wildman–Crippen MR) is 157 cm³/mol. The molecule has 246 valence electrons. The summed E-state index contributed by atoms with van der Waals surface area (Å²) in [6.07, 6.45) is 4.57. The molecule has 4 rings (SSSR count). The molecule has 5 nitrogen and oxygen atoms in total. The molecule has 6 atom stereocenters. The van der Waals surface area contributed by atoms with Gasteiger partial charge in [-0.05, 0) is 104 Å². The molecule has 0 aromatic heterocycles. The third-order valence-electron chi connectivity index (χ3n) is 10.7. The predicted octanol–water partition coefficient (Wildman–Crippen LogP) is 7.85. The minimum absolute atomic E-state index is 0.00136. The van der Waals surface area contributed by atoms with Crippen molar-refractivity contribution < 1.29 is 40.6 Å². The third-order valence-corrected chi connectivity index (χ3v) is 12.2. The second kappa shape index (κ2) is 13.9. The number of hydrogen-bond acceptors (Lipinski definition) is 4. The number of alkyl halides is 5. The van der Waals surface area contributed by atoms with Crippen LogP contribution in [0.3, 0.4) is 0 Å². The maximum absolute atomic E-state index is 12.9. The lowest BCUT2D eigenvalue weighted by atomic mass is 9.52. The van der Waals surface area contributed by atoms with Gasteiger partial charge in [0.15, 0.2) is 0 Å². The van der Waals surface area contributed by atoms with Crippen LogP contribution in [0.5, 0.6) is 5.75 Å². The van der Waals surface area contributed by atoms with Crippen LogP contribution in [0, 0.1) is 23.2 Å². The molecule has 3 aliphatic carbocycles. The summed E-state index contributed by atoms with van der Waals surface area (Å²) in [5.74, 6) is -2.55. The Balaban J connectivity index is 1.15. The SMILES string of the molecule is C[C@]12CC[C@@H]3c4ccc(O)cc4C[C@@H](CCCCCCCCCS(=O)(=O)NCCCC(F)(F)C(F)(F)F)[C@H]3[C@@H]1CC[C@@H]2O. The van der Waals surface area contributed by atoms with Crippen LogP contribution in [-0.2, 0) is 16.4 Å². The number of hydrogen-bond donors (Lipinski definition) is 3. The Hall–Kier alpha value is -1.46. The van der Waals surface area contributed by atoms with Crippen molar-refractivity contribution in [3.05, 3.63) is 29.3 Å². The highest BCUT2D eigenvalue weighted by Gasteiger charge is 2.57. The van der Waals surface area contributed by atoms with Gasteiger partial charge in [-0.3, -0.25) is 0 Å². The molecule has 43 heavy (non-hydrogen) atoms. The molecule has 3 N–H and O–H groups in total. The summed E-state index contributed by atoms with van der Waals surface area (Å²) >= 11 is 0. The average Bonchev–Trinajstić information content (AvgIpc) is 3.23. The van der Waals surface area contributed by atoms with Gasteiger partial charge >= 0.3 is 12.1 Å². The van der Waals surface area contributed by atoms with Crippen molar-refractivity contribution in [3.63, 3.8) is 0 Å². The van der Waals surface area contributed by atoms with Crippen molar-refractivity contribution >= 4 is 10.0 Å². The van der Waals surface area contributed by atoms with Gasteiger partial charge < -0.3 is 10.2 Å². The molecule has 3 aliphatic rings. The van der Waals surface area contributed by atoms with Gasteiger partial charge in [0.1, 0.15) is 5.75 Å². The molecule has 0 unspecified atom stereocenters. The number of phenolic OH excluding ortho intramolecular Hbond substituents is 1. The van der Waals surface area contributed by atoms with Crippen LogP contribution in [-0.4, -0.2) is 49.1 Å². The Morgan fingerprint density at radius 3 is 2.33 bits per heavy atom. The summed E-state index contributed by atoms with van der Waals surface area (Å²) in [4.78, 5) is 0. The number of aromatic hydroxyl groups is 1. The molecule has 0 saturated heterocycles. The molecule has 0 amide bonds. The highest BCUT2D eigenvalue weighted by molar-refractivity contribution is 7.89. The third kappa shape index (κ3) is 8.23. The minimum atomic E-state index is -5.63. The first-order chi connectivity index (χ1) is 20.1. The van der Waals surface area contributed by atoms with Crippen molar-refractivity contribution in [1.82, 2.24) is 4.72 Å². The normalized spacial score (nSPS) is 29.2. The molecule has 0 heterocycles. The molecule has 2 fully saturated rings. The van der Waals surface area contributed by atoms with Crippen LogP contribution in [0.1, 0.15) is 114 Å². The Morgan fingerprint density at radius 2 is 1.63 bits per heavy atom. The number of sulfonamides is 1. The lowest BCUT2D eigenvalue weighted by Crippen LogP contribution is -2.47. The highest BCUT2D eigenvalue weighted by Crippen LogP contribution is 2.62. The number of benzene rings is 1. The van der Waals surface area contributed by atoms with E-state index in [0.717, 1.165) is 70.6 Å². The monoisotopic (exact) mass is 637 g/mol. The maximum Gasteiger partial charge on any atom is 0.453 e. The second-order valence-corrected chi connectivity index (χ2v) is 15.5. The van der Waals surface area contributed by atoms with E-state index in [1.54, 1.807) is 0 Å². The quantitative estimate of drug-likeness (QED) is 0.135. The fourth-order valence-corrected chi connectivity index (χ4v) is 9.55. The van der Waals surface area contributed by atoms with Gasteiger partial charge in [0.2, 0.25) is 10.0 Å². The summed E-state index contributed by atoms with van der Waals surface area (Å²) in [7, 11) is -3.70. The number of aliphatic hydroxyl groups excluding tert-OH is 1. The van der Waals surface area contributed by atoms with Crippen molar-refractivity contribution in [2.24, 2.45) is 23.2 Å². The molecular formula is C32H48F5NO4S. The zero-order chi connectivity index (χ0) is 31.5. The topological polar surface area (TPSA) is 86.6 Å². The summed E-state index contributed by atoms with van der Waals surface area (Å²) in [6, 6.07) is 5.87. The lowest BCUT2D eigenvalue weighted by Gasteiger charge is -2.53. The standard InChI is InChI=1S/C32H48F5NO4S/c1-30-17-15-26-25-12-11-24(39)21-23(25)20-22(29(26)27(30)13-14-28(30)40)10-7-5-3-2-4-6-8-19-43(41,42)38-18-9-16-31(33,34)32(35,36)37/h11-12,21-22,26-29,38-40H,2-10,13-20H2,1H3/t22-,26-,27+,28+,29-,30+/m1/s1. The van der Waals surface area contributed by atoms with E-state index in [9.17, 15) is 40.6 Å². The van der Waals surface area contributed by atoms with Crippen molar-refractivity contribution in [2.75, 3.05) is 12.3 Å². The zero-order valence-electron chi connectivity index (χ0n) is 25.1. The Bertz CT molecular complexity index is 1180. The maximum atomic E-state index is 12.9. The Kier molecular flexibility index (Phi) is 11.1. The van der Waals surface area contributed by atoms with Crippen molar-refractivity contribution in [3.8, 4) is 5.75 Å². The molecule has 1 aromatic rings. The van der Waals surface area contributed by atoms with Gasteiger partial charge in [-0.25, -0.2) is 13.1 Å². The highest BCUT2D eigenvalue weighted by atomic mass is 32.2. The van der Waals surface area contributed by atoms with Crippen LogP contribution in [0.2, 0.25) is 0 Å². The van der Waals surface area contributed by atoms with E-state index in [2.05, 4.69) is 17.7 Å². The van der Waals surface area contributed by atoms with Crippen LogP contribution in [0.25, 0.3) is 0 Å². The number of phenols is 1. The first kappa shape index (κ1) is 34.4. The second-order valence-electron chi connectivity index (χ2n) is 13.6. The molecule has 2 saturated carbocycles. The zero-order valence-corrected chi connectivity index (χ0v) is 26.0. The van der Waals surface area contributed by atoms with E-state index >= 15 is 0 Å². The Morgan fingerprint density at radius 1 is 0.953 bits per heavy atom. The van der Waals surface area contributed by atoms with E-state index in [-0.39, 0.29) is 17.3 Å². The number of halogens is 5. The molecular weight excluding hydrogens is 589 g/mol. The average molecular weight is 638 g/mol. The number of aliphatic hydroxyl groups is 1. The summed E-state index contributed by atoms with van der Waals surface area (Å²) in [5.41, 5.74) is 2.67. The number of rotatable bonds is 15.